The van der Waals surface area contributed by atoms with Gasteiger partial charge in [0.15, 0.2) is 6.10 Å². The van der Waals surface area contributed by atoms with Crippen LogP contribution >= 0.6 is 0 Å². The van der Waals surface area contributed by atoms with Gasteiger partial charge in [0.2, 0.25) is 10.0 Å². The van der Waals surface area contributed by atoms with E-state index in [9.17, 15) is 18.0 Å². The molecule has 27 heavy (non-hydrogen) atoms. The van der Waals surface area contributed by atoms with Crippen LogP contribution in [0.1, 0.15) is 45.0 Å². The molecule has 0 saturated heterocycles. The minimum Gasteiger partial charge on any atom is -0.449 e. The van der Waals surface area contributed by atoms with Gasteiger partial charge in [-0.2, -0.15) is 4.72 Å². The molecule has 1 N–H and O–H groups in total. The maximum Gasteiger partial charge on any atom is 0.338 e. The molecule has 0 aliphatic rings. The maximum atomic E-state index is 12.6. The lowest BCUT2D eigenvalue weighted by Crippen LogP contribution is -2.47. The quantitative estimate of drug-likeness (QED) is 0.536. The van der Waals surface area contributed by atoms with Gasteiger partial charge in [-0.3, -0.25) is 4.79 Å². The summed E-state index contributed by atoms with van der Waals surface area (Å²) in [6, 6.07) is 5.26. The van der Waals surface area contributed by atoms with Crippen LogP contribution in [-0.2, 0) is 19.6 Å². The van der Waals surface area contributed by atoms with Gasteiger partial charge in [-0.15, -0.1) is 6.42 Å². The molecule has 0 aromatic heterocycles. The first-order valence-corrected chi connectivity index (χ1v) is 10.1. The highest BCUT2D eigenvalue weighted by atomic mass is 32.2. The molecule has 0 saturated carbocycles. The van der Waals surface area contributed by atoms with Gasteiger partial charge in [-0.25, -0.2) is 13.2 Å². The van der Waals surface area contributed by atoms with Gasteiger partial charge in [-0.1, -0.05) is 12.0 Å². The average Bonchev–Trinajstić information content (AvgIpc) is 2.59. The lowest BCUT2D eigenvalue weighted by atomic mass is 10.2. The highest BCUT2D eigenvalue weighted by Crippen LogP contribution is 2.15. The third-order valence-corrected chi connectivity index (χ3v) is 5.14. The molecular weight excluding hydrogens is 368 g/mol. The Morgan fingerprint density at radius 2 is 1.78 bits per heavy atom. The molecule has 0 spiro atoms. The number of sulfonamides is 1. The number of terminal acetylenes is 1. The van der Waals surface area contributed by atoms with Crippen LogP contribution in [0.4, 0.5) is 0 Å². The number of nitrogens with one attached hydrogen (secondary N) is 1. The minimum atomic E-state index is -3.83. The second-order valence-electron chi connectivity index (χ2n) is 6.54. The Morgan fingerprint density at radius 3 is 2.30 bits per heavy atom. The highest BCUT2D eigenvalue weighted by Gasteiger charge is 2.28. The number of benzene rings is 1. The summed E-state index contributed by atoms with van der Waals surface area (Å²) in [6.45, 7) is 8.84. The first kappa shape index (κ1) is 22.7. The molecule has 0 radical (unpaired) electrons. The van der Waals surface area contributed by atoms with Crippen molar-refractivity contribution in [3.05, 3.63) is 29.8 Å². The maximum absolute atomic E-state index is 12.6. The smallest absolute Gasteiger partial charge is 0.338 e. The Balaban J connectivity index is 2.96. The fourth-order valence-corrected chi connectivity index (χ4v) is 3.58. The summed E-state index contributed by atoms with van der Waals surface area (Å²) in [4.78, 5) is 26.4. The molecule has 0 unspecified atom stereocenters. The Morgan fingerprint density at radius 1 is 1.19 bits per heavy atom. The monoisotopic (exact) mass is 394 g/mol. The van der Waals surface area contributed by atoms with Gasteiger partial charge >= 0.3 is 5.97 Å². The zero-order valence-corrected chi connectivity index (χ0v) is 17.0. The molecule has 0 bridgehead atoms. The summed E-state index contributed by atoms with van der Waals surface area (Å²) in [5.74, 6) is 1.08. The molecule has 1 aromatic rings. The first-order chi connectivity index (χ1) is 12.5. The molecule has 1 amide bonds. The van der Waals surface area contributed by atoms with E-state index in [1.54, 1.807) is 4.90 Å². The number of amides is 1. The van der Waals surface area contributed by atoms with Crippen molar-refractivity contribution in [3.8, 4) is 12.3 Å². The zero-order chi connectivity index (χ0) is 20.8. The van der Waals surface area contributed by atoms with Crippen molar-refractivity contribution in [3.63, 3.8) is 0 Å². The van der Waals surface area contributed by atoms with E-state index in [-0.39, 0.29) is 35.0 Å². The molecular formula is C19H26N2O5S. The SMILES string of the molecule is C#CCNS(=O)(=O)c1cccc(C(=O)O[C@H](C)C(=O)N(C(C)C)C(C)C)c1. The lowest BCUT2D eigenvalue weighted by molar-refractivity contribution is -0.143. The Hall–Kier alpha value is -2.37. The number of rotatable bonds is 8. The second-order valence-corrected chi connectivity index (χ2v) is 8.30. The summed E-state index contributed by atoms with van der Waals surface area (Å²) in [6.07, 6.45) is 4.06. The van der Waals surface area contributed by atoms with E-state index in [0.29, 0.717) is 0 Å². The minimum absolute atomic E-state index is 0.0267. The van der Waals surface area contributed by atoms with Crippen LogP contribution < -0.4 is 4.72 Å². The molecule has 1 aromatic carbocycles. The van der Waals surface area contributed by atoms with Gasteiger partial charge in [0.25, 0.3) is 5.91 Å². The van der Waals surface area contributed by atoms with Crippen LogP contribution in [0.5, 0.6) is 0 Å². The molecule has 148 valence electrons. The number of nitrogens with zero attached hydrogens (tertiary/aromatic N) is 1. The van der Waals surface area contributed by atoms with Crippen molar-refractivity contribution in [1.82, 2.24) is 9.62 Å². The molecule has 1 rings (SSSR count). The Bertz CT molecular complexity index is 817. The second kappa shape index (κ2) is 9.53. The van der Waals surface area contributed by atoms with Gasteiger partial charge < -0.3 is 9.64 Å². The summed E-state index contributed by atoms with van der Waals surface area (Å²) >= 11 is 0. The Kier molecular flexibility index (Phi) is 8.00. The lowest BCUT2D eigenvalue weighted by Gasteiger charge is -2.32. The fourth-order valence-electron chi connectivity index (χ4n) is 2.60. The number of carbonyl (C=O) groups excluding carboxylic acids is 2. The van der Waals surface area contributed by atoms with Crippen molar-refractivity contribution in [2.24, 2.45) is 0 Å². The zero-order valence-electron chi connectivity index (χ0n) is 16.2. The van der Waals surface area contributed by atoms with Crippen LogP contribution in [0.25, 0.3) is 0 Å². The van der Waals surface area contributed by atoms with Gasteiger partial charge in [0, 0.05) is 12.1 Å². The van der Waals surface area contributed by atoms with E-state index in [0.717, 1.165) is 0 Å². The van der Waals surface area contributed by atoms with Crippen LogP contribution in [-0.4, -0.2) is 49.9 Å². The molecule has 0 aliphatic heterocycles. The molecule has 1 atom stereocenters. The van der Waals surface area contributed by atoms with Crippen molar-refractivity contribution in [1.29, 1.82) is 0 Å². The molecule has 0 fully saturated rings. The van der Waals surface area contributed by atoms with E-state index in [2.05, 4.69) is 10.6 Å². The topological polar surface area (TPSA) is 92.8 Å². The molecule has 7 nitrogen and oxygen atoms in total. The summed E-state index contributed by atoms with van der Waals surface area (Å²) in [7, 11) is -3.83. The predicted molar refractivity (Wildman–Crippen MR) is 102 cm³/mol. The van der Waals surface area contributed by atoms with Gasteiger partial charge in [-0.05, 0) is 52.8 Å². The van der Waals surface area contributed by atoms with Gasteiger partial charge in [0.1, 0.15) is 0 Å². The standard InChI is InChI=1S/C19H26N2O5S/c1-7-11-20-27(24,25)17-10-8-9-16(12-17)19(23)26-15(6)18(22)21(13(2)3)14(4)5/h1,8-10,12-15,20H,11H2,2-6H3/t15-/m1/s1. The third kappa shape index (κ3) is 6.08. The largest absolute Gasteiger partial charge is 0.449 e. The summed E-state index contributed by atoms with van der Waals surface area (Å²) in [5, 5.41) is 0. The van der Waals surface area contributed by atoms with Crippen LogP contribution in [0, 0.1) is 12.3 Å². The van der Waals surface area contributed by atoms with Crippen molar-refractivity contribution in [2.75, 3.05) is 6.54 Å². The molecule has 0 heterocycles. The predicted octanol–water partition coefficient (Wildman–Crippen LogP) is 1.79. The van der Waals surface area contributed by atoms with Crippen molar-refractivity contribution in [2.45, 2.75) is 57.7 Å². The first-order valence-electron chi connectivity index (χ1n) is 8.57. The third-order valence-electron chi connectivity index (χ3n) is 3.74. The van der Waals surface area contributed by atoms with E-state index in [4.69, 9.17) is 11.2 Å². The summed E-state index contributed by atoms with van der Waals surface area (Å²) < 4.78 is 31.7. The van der Waals surface area contributed by atoms with Gasteiger partial charge in [0.05, 0.1) is 17.0 Å². The number of carbonyl (C=O) groups is 2. The van der Waals surface area contributed by atoms with E-state index in [1.165, 1.54) is 31.2 Å². The van der Waals surface area contributed by atoms with Crippen LogP contribution in [0.3, 0.4) is 0 Å². The van der Waals surface area contributed by atoms with Crippen LogP contribution in [0.15, 0.2) is 29.2 Å². The van der Waals surface area contributed by atoms with E-state index >= 15 is 0 Å². The number of esters is 1. The Labute approximate surface area is 161 Å². The fraction of sp³-hybridized carbons (Fsp3) is 0.474. The van der Waals surface area contributed by atoms with Crippen LogP contribution in [0.2, 0.25) is 0 Å². The van der Waals surface area contributed by atoms with E-state index < -0.39 is 22.1 Å². The van der Waals surface area contributed by atoms with Crippen molar-refractivity contribution < 1.29 is 22.7 Å². The van der Waals surface area contributed by atoms with Crippen molar-refractivity contribution >= 4 is 21.9 Å². The molecule has 8 heteroatoms. The molecule has 0 aliphatic carbocycles. The number of ether oxygens (including phenoxy) is 1. The number of hydrogen-bond acceptors (Lipinski definition) is 5. The summed E-state index contributed by atoms with van der Waals surface area (Å²) in [5.41, 5.74) is 0.0267. The average molecular weight is 394 g/mol. The highest BCUT2D eigenvalue weighted by molar-refractivity contribution is 7.89. The number of hydrogen-bond donors (Lipinski definition) is 1. The van der Waals surface area contributed by atoms with E-state index in [1.807, 2.05) is 27.7 Å². The normalized spacial score (nSPS) is 12.5.